The number of amides is 1. The monoisotopic (exact) mass is 272 g/mol. The highest BCUT2D eigenvalue weighted by atomic mass is 16.3. The molecule has 0 spiro atoms. The van der Waals surface area contributed by atoms with Gasteiger partial charge in [0.1, 0.15) is 5.76 Å². The quantitative estimate of drug-likeness (QED) is 0.857. The van der Waals surface area contributed by atoms with Crippen LogP contribution in [0.5, 0.6) is 0 Å². The Morgan fingerprint density at radius 2 is 1.75 bits per heavy atom. The highest BCUT2D eigenvalue weighted by molar-refractivity contribution is 5.94. The zero-order valence-corrected chi connectivity index (χ0v) is 12.3. The molecule has 0 fully saturated rings. The van der Waals surface area contributed by atoms with Gasteiger partial charge in [-0.1, -0.05) is 0 Å². The van der Waals surface area contributed by atoms with Crippen LogP contribution in [-0.4, -0.2) is 32.0 Å². The SMILES string of the molecule is CC(c1ccco1)N(C)C(=O)c1ccc(N(C)C)cc1. The second-order valence-electron chi connectivity index (χ2n) is 5.05. The van der Waals surface area contributed by atoms with Crippen molar-refractivity contribution < 1.29 is 9.21 Å². The normalized spacial score (nSPS) is 12.0. The van der Waals surface area contributed by atoms with Gasteiger partial charge >= 0.3 is 0 Å². The van der Waals surface area contributed by atoms with Crippen LogP contribution >= 0.6 is 0 Å². The van der Waals surface area contributed by atoms with E-state index in [4.69, 9.17) is 4.42 Å². The summed E-state index contributed by atoms with van der Waals surface area (Å²) in [5.41, 5.74) is 1.75. The lowest BCUT2D eigenvalue weighted by atomic mass is 10.1. The molecule has 4 heteroatoms. The summed E-state index contributed by atoms with van der Waals surface area (Å²) in [6.07, 6.45) is 1.62. The summed E-state index contributed by atoms with van der Waals surface area (Å²) in [6, 6.07) is 11.2. The second kappa shape index (κ2) is 5.82. The predicted molar refractivity (Wildman–Crippen MR) is 80.0 cm³/mol. The molecule has 2 aromatic rings. The van der Waals surface area contributed by atoms with E-state index in [0.717, 1.165) is 11.4 Å². The van der Waals surface area contributed by atoms with Crippen LogP contribution < -0.4 is 4.90 Å². The Balaban J connectivity index is 2.14. The zero-order chi connectivity index (χ0) is 14.7. The molecule has 1 unspecified atom stereocenters. The third-order valence-corrected chi connectivity index (χ3v) is 3.49. The average molecular weight is 272 g/mol. The Kier molecular flexibility index (Phi) is 4.13. The van der Waals surface area contributed by atoms with Gasteiger partial charge in [0.25, 0.3) is 5.91 Å². The van der Waals surface area contributed by atoms with E-state index in [1.54, 1.807) is 18.2 Å². The van der Waals surface area contributed by atoms with E-state index in [-0.39, 0.29) is 11.9 Å². The molecule has 1 amide bonds. The van der Waals surface area contributed by atoms with Crippen molar-refractivity contribution >= 4 is 11.6 Å². The van der Waals surface area contributed by atoms with Crippen molar-refractivity contribution in [2.75, 3.05) is 26.0 Å². The van der Waals surface area contributed by atoms with Crippen molar-refractivity contribution in [2.24, 2.45) is 0 Å². The van der Waals surface area contributed by atoms with Crippen LogP contribution in [0.3, 0.4) is 0 Å². The number of anilines is 1. The van der Waals surface area contributed by atoms with E-state index in [9.17, 15) is 4.79 Å². The fourth-order valence-corrected chi connectivity index (χ4v) is 2.00. The first-order valence-corrected chi connectivity index (χ1v) is 6.58. The number of carbonyl (C=O) groups excluding carboxylic acids is 1. The maximum absolute atomic E-state index is 12.4. The summed E-state index contributed by atoms with van der Waals surface area (Å²) in [7, 11) is 5.74. The molecule has 1 atom stereocenters. The molecular weight excluding hydrogens is 252 g/mol. The van der Waals surface area contributed by atoms with Crippen LogP contribution in [0.2, 0.25) is 0 Å². The first-order valence-electron chi connectivity index (χ1n) is 6.58. The molecule has 106 valence electrons. The molecular formula is C16H20N2O2. The number of hydrogen-bond acceptors (Lipinski definition) is 3. The lowest BCUT2D eigenvalue weighted by Crippen LogP contribution is -2.29. The van der Waals surface area contributed by atoms with Gasteiger partial charge in [-0.05, 0) is 43.3 Å². The van der Waals surface area contributed by atoms with Gasteiger partial charge in [-0.15, -0.1) is 0 Å². The predicted octanol–water partition coefficient (Wildman–Crippen LogP) is 3.18. The Morgan fingerprint density at radius 1 is 1.10 bits per heavy atom. The van der Waals surface area contributed by atoms with E-state index in [1.165, 1.54) is 0 Å². The molecule has 1 aromatic carbocycles. The summed E-state index contributed by atoms with van der Waals surface area (Å²) in [4.78, 5) is 16.1. The molecule has 0 radical (unpaired) electrons. The van der Waals surface area contributed by atoms with Crippen molar-refractivity contribution in [3.8, 4) is 0 Å². The van der Waals surface area contributed by atoms with Crippen LogP contribution in [0.1, 0.15) is 29.1 Å². The zero-order valence-electron chi connectivity index (χ0n) is 12.3. The number of rotatable bonds is 4. The van der Waals surface area contributed by atoms with E-state index in [2.05, 4.69) is 0 Å². The Bertz CT molecular complexity index is 559. The second-order valence-corrected chi connectivity index (χ2v) is 5.05. The molecule has 0 aliphatic carbocycles. The standard InChI is InChI=1S/C16H20N2O2/c1-12(15-6-5-11-20-15)18(4)16(19)13-7-9-14(10-8-13)17(2)3/h5-12H,1-4H3. The van der Waals surface area contributed by atoms with E-state index < -0.39 is 0 Å². The Labute approximate surface area is 119 Å². The highest BCUT2D eigenvalue weighted by Gasteiger charge is 2.20. The Morgan fingerprint density at radius 3 is 2.25 bits per heavy atom. The van der Waals surface area contributed by atoms with Gasteiger partial charge in [0, 0.05) is 32.4 Å². The number of benzene rings is 1. The first-order chi connectivity index (χ1) is 9.50. The van der Waals surface area contributed by atoms with Gasteiger partial charge in [0.2, 0.25) is 0 Å². The third-order valence-electron chi connectivity index (χ3n) is 3.49. The van der Waals surface area contributed by atoms with Gasteiger partial charge in [-0.25, -0.2) is 0 Å². The number of carbonyl (C=O) groups is 1. The smallest absolute Gasteiger partial charge is 0.254 e. The maximum atomic E-state index is 12.4. The summed E-state index contributed by atoms with van der Waals surface area (Å²) in [5, 5.41) is 0. The fraction of sp³-hybridized carbons (Fsp3) is 0.312. The van der Waals surface area contributed by atoms with Gasteiger partial charge < -0.3 is 14.2 Å². The van der Waals surface area contributed by atoms with Crippen LogP contribution in [0, 0.1) is 0 Å². The highest BCUT2D eigenvalue weighted by Crippen LogP contribution is 2.21. The number of hydrogen-bond donors (Lipinski definition) is 0. The lowest BCUT2D eigenvalue weighted by Gasteiger charge is -2.23. The van der Waals surface area contributed by atoms with Crippen molar-refractivity contribution in [3.63, 3.8) is 0 Å². The van der Waals surface area contributed by atoms with Crippen molar-refractivity contribution in [1.82, 2.24) is 4.90 Å². The van der Waals surface area contributed by atoms with Crippen LogP contribution in [0.15, 0.2) is 47.1 Å². The largest absolute Gasteiger partial charge is 0.467 e. The number of furan rings is 1. The molecule has 2 rings (SSSR count). The van der Waals surface area contributed by atoms with E-state index in [0.29, 0.717) is 5.56 Å². The molecule has 20 heavy (non-hydrogen) atoms. The molecule has 0 saturated carbocycles. The molecule has 0 aliphatic heterocycles. The van der Waals surface area contributed by atoms with Gasteiger partial charge in [-0.3, -0.25) is 4.79 Å². The molecule has 0 aliphatic rings. The lowest BCUT2D eigenvalue weighted by molar-refractivity contribution is 0.0726. The summed E-state index contributed by atoms with van der Waals surface area (Å²) >= 11 is 0. The first kappa shape index (κ1) is 14.2. The minimum atomic E-state index is -0.0916. The minimum Gasteiger partial charge on any atom is -0.467 e. The topological polar surface area (TPSA) is 36.7 Å². The molecule has 4 nitrogen and oxygen atoms in total. The number of nitrogens with zero attached hydrogens (tertiary/aromatic N) is 2. The average Bonchev–Trinajstić information content (AvgIpc) is 2.99. The van der Waals surface area contributed by atoms with Crippen molar-refractivity contribution in [2.45, 2.75) is 13.0 Å². The van der Waals surface area contributed by atoms with E-state index in [1.807, 2.05) is 62.3 Å². The van der Waals surface area contributed by atoms with Crippen LogP contribution in [0.4, 0.5) is 5.69 Å². The van der Waals surface area contributed by atoms with Crippen LogP contribution in [0.25, 0.3) is 0 Å². The molecule has 0 bridgehead atoms. The van der Waals surface area contributed by atoms with Gasteiger partial charge in [0.05, 0.1) is 12.3 Å². The van der Waals surface area contributed by atoms with Gasteiger partial charge in [-0.2, -0.15) is 0 Å². The summed E-state index contributed by atoms with van der Waals surface area (Å²) in [5.74, 6) is 0.768. The minimum absolute atomic E-state index is 0.0146. The Hall–Kier alpha value is -2.23. The van der Waals surface area contributed by atoms with Crippen molar-refractivity contribution in [1.29, 1.82) is 0 Å². The fourth-order valence-electron chi connectivity index (χ4n) is 2.00. The molecule has 0 N–H and O–H groups in total. The molecule has 0 saturated heterocycles. The molecule has 1 heterocycles. The third kappa shape index (κ3) is 2.85. The van der Waals surface area contributed by atoms with Gasteiger partial charge in [0.15, 0.2) is 0 Å². The van der Waals surface area contributed by atoms with Crippen molar-refractivity contribution in [3.05, 3.63) is 54.0 Å². The van der Waals surface area contributed by atoms with E-state index >= 15 is 0 Å². The maximum Gasteiger partial charge on any atom is 0.254 e. The summed E-state index contributed by atoms with van der Waals surface area (Å²) in [6.45, 7) is 1.95. The van der Waals surface area contributed by atoms with Crippen LogP contribution in [-0.2, 0) is 0 Å². The summed E-state index contributed by atoms with van der Waals surface area (Å²) < 4.78 is 5.35. The molecule has 1 aromatic heterocycles.